The van der Waals surface area contributed by atoms with Crippen molar-refractivity contribution in [2.45, 2.75) is 59.1 Å². The second-order valence-electron chi connectivity index (χ2n) is 5.92. The first-order valence-corrected chi connectivity index (χ1v) is 7.67. The minimum absolute atomic E-state index is 0.362. The molecule has 1 heterocycles. The van der Waals surface area contributed by atoms with E-state index in [0.29, 0.717) is 6.10 Å². The fraction of sp³-hybridized carbons (Fsp3) is 1.00. The lowest BCUT2D eigenvalue weighted by atomic mass is 9.92. The predicted octanol–water partition coefficient (Wildman–Crippen LogP) is 2.51. The first kappa shape index (κ1) is 15.9. The van der Waals surface area contributed by atoms with Crippen LogP contribution in [0.4, 0.5) is 0 Å². The number of likely N-dealkylation sites (tertiary alicyclic amines) is 1. The molecule has 2 unspecified atom stereocenters. The van der Waals surface area contributed by atoms with E-state index in [1.165, 1.54) is 25.9 Å². The lowest BCUT2D eigenvalue weighted by molar-refractivity contribution is 0.0765. The molecule has 2 atom stereocenters. The molecule has 0 bridgehead atoms. The maximum absolute atomic E-state index is 5.52. The number of nitrogens with zero attached hydrogens (tertiary/aromatic N) is 1. The number of piperidine rings is 1. The second-order valence-corrected chi connectivity index (χ2v) is 5.92. The third kappa shape index (κ3) is 6.17. The summed E-state index contributed by atoms with van der Waals surface area (Å²) in [5.74, 6) is 0.859. The van der Waals surface area contributed by atoms with Crippen molar-refractivity contribution in [2.75, 3.05) is 32.8 Å². The lowest BCUT2D eigenvalue weighted by Crippen LogP contribution is -2.45. The van der Waals surface area contributed by atoms with Crippen molar-refractivity contribution in [3.63, 3.8) is 0 Å². The molecule has 1 fully saturated rings. The van der Waals surface area contributed by atoms with E-state index in [9.17, 15) is 0 Å². The molecule has 0 spiro atoms. The van der Waals surface area contributed by atoms with Gasteiger partial charge in [0.05, 0.1) is 6.10 Å². The van der Waals surface area contributed by atoms with Gasteiger partial charge in [-0.1, -0.05) is 6.92 Å². The van der Waals surface area contributed by atoms with Crippen molar-refractivity contribution < 1.29 is 4.74 Å². The standard InChI is InChI=1S/C15H32N2O/c1-13(2)18-12-6-8-16-9-11-17-10-5-7-14(3)15(17)4/h13-16H,5-12H2,1-4H3. The molecule has 3 heteroatoms. The molecule has 108 valence electrons. The predicted molar refractivity (Wildman–Crippen MR) is 78.0 cm³/mol. The zero-order chi connectivity index (χ0) is 13.4. The van der Waals surface area contributed by atoms with E-state index in [0.717, 1.165) is 38.1 Å². The molecule has 0 aliphatic carbocycles. The molecule has 0 aromatic carbocycles. The summed E-state index contributed by atoms with van der Waals surface area (Å²) < 4.78 is 5.52. The Kier molecular flexibility index (Phi) is 7.87. The topological polar surface area (TPSA) is 24.5 Å². The first-order chi connectivity index (χ1) is 8.61. The highest BCUT2D eigenvalue weighted by atomic mass is 16.5. The van der Waals surface area contributed by atoms with E-state index in [2.05, 4.69) is 37.9 Å². The largest absolute Gasteiger partial charge is 0.379 e. The average molecular weight is 256 g/mol. The summed E-state index contributed by atoms with van der Waals surface area (Å²) in [6, 6.07) is 0.754. The smallest absolute Gasteiger partial charge is 0.0518 e. The lowest BCUT2D eigenvalue weighted by Gasteiger charge is -2.37. The number of nitrogens with one attached hydrogen (secondary N) is 1. The molecule has 3 nitrogen and oxygen atoms in total. The Bertz CT molecular complexity index is 209. The van der Waals surface area contributed by atoms with Gasteiger partial charge in [0.25, 0.3) is 0 Å². The van der Waals surface area contributed by atoms with Gasteiger partial charge < -0.3 is 10.1 Å². The Morgan fingerprint density at radius 1 is 1.28 bits per heavy atom. The SMILES string of the molecule is CC(C)OCCCNCCN1CCCC(C)C1C. The van der Waals surface area contributed by atoms with Crippen LogP contribution in [0.15, 0.2) is 0 Å². The normalized spacial score (nSPS) is 25.8. The molecular weight excluding hydrogens is 224 g/mol. The van der Waals surface area contributed by atoms with E-state index in [-0.39, 0.29) is 0 Å². The maximum Gasteiger partial charge on any atom is 0.0518 e. The maximum atomic E-state index is 5.52. The highest BCUT2D eigenvalue weighted by Crippen LogP contribution is 2.21. The number of hydrogen-bond donors (Lipinski definition) is 1. The summed E-state index contributed by atoms with van der Waals surface area (Å²) in [5, 5.41) is 3.52. The minimum atomic E-state index is 0.362. The first-order valence-electron chi connectivity index (χ1n) is 7.67. The van der Waals surface area contributed by atoms with Gasteiger partial charge in [0.1, 0.15) is 0 Å². The zero-order valence-electron chi connectivity index (χ0n) is 12.7. The van der Waals surface area contributed by atoms with Crippen LogP contribution in [0.3, 0.4) is 0 Å². The van der Waals surface area contributed by atoms with Crippen LogP contribution >= 0.6 is 0 Å². The summed E-state index contributed by atoms with van der Waals surface area (Å²) in [5.41, 5.74) is 0. The summed E-state index contributed by atoms with van der Waals surface area (Å²) in [6.07, 6.45) is 4.25. The Balaban J connectivity index is 1.97. The zero-order valence-corrected chi connectivity index (χ0v) is 12.7. The van der Waals surface area contributed by atoms with Crippen molar-refractivity contribution >= 4 is 0 Å². The number of rotatable bonds is 8. The van der Waals surface area contributed by atoms with Crippen molar-refractivity contribution in [3.8, 4) is 0 Å². The Morgan fingerprint density at radius 2 is 2.06 bits per heavy atom. The molecule has 0 radical (unpaired) electrons. The fourth-order valence-electron chi connectivity index (χ4n) is 2.60. The van der Waals surface area contributed by atoms with Gasteiger partial charge in [-0.05, 0) is 59.0 Å². The third-order valence-corrected chi connectivity index (χ3v) is 4.03. The molecule has 1 aliphatic heterocycles. The number of hydrogen-bond acceptors (Lipinski definition) is 3. The van der Waals surface area contributed by atoms with Crippen LogP contribution in [0.25, 0.3) is 0 Å². The summed E-state index contributed by atoms with van der Waals surface area (Å²) in [4.78, 5) is 2.63. The minimum Gasteiger partial charge on any atom is -0.379 e. The van der Waals surface area contributed by atoms with E-state index in [1.807, 2.05) is 0 Å². The van der Waals surface area contributed by atoms with Crippen molar-refractivity contribution in [1.29, 1.82) is 0 Å². The molecule has 0 amide bonds. The van der Waals surface area contributed by atoms with E-state index in [1.54, 1.807) is 0 Å². The van der Waals surface area contributed by atoms with Gasteiger partial charge in [-0.15, -0.1) is 0 Å². The molecule has 0 saturated carbocycles. The van der Waals surface area contributed by atoms with E-state index >= 15 is 0 Å². The van der Waals surface area contributed by atoms with Crippen molar-refractivity contribution in [1.82, 2.24) is 10.2 Å². The molecule has 1 saturated heterocycles. The van der Waals surface area contributed by atoms with Gasteiger partial charge in [-0.3, -0.25) is 4.90 Å². The van der Waals surface area contributed by atoms with Crippen LogP contribution in [0, 0.1) is 5.92 Å². The van der Waals surface area contributed by atoms with Gasteiger partial charge in [-0.2, -0.15) is 0 Å². The van der Waals surface area contributed by atoms with Gasteiger partial charge in [-0.25, -0.2) is 0 Å². The average Bonchev–Trinajstić information content (AvgIpc) is 2.32. The summed E-state index contributed by atoms with van der Waals surface area (Å²) in [6.45, 7) is 14.5. The second kappa shape index (κ2) is 8.89. The highest BCUT2D eigenvalue weighted by Gasteiger charge is 2.23. The third-order valence-electron chi connectivity index (χ3n) is 4.03. The van der Waals surface area contributed by atoms with Crippen LogP contribution in [0.2, 0.25) is 0 Å². The summed E-state index contributed by atoms with van der Waals surface area (Å²) >= 11 is 0. The van der Waals surface area contributed by atoms with Crippen LogP contribution in [0.1, 0.15) is 47.0 Å². The Hall–Kier alpha value is -0.120. The molecule has 1 aliphatic rings. The van der Waals surface area contributed by atoms with Gasteiger partial charge in [0, 0.05) is 25.7 Å². The van der Waals surface area contributed by atoms with Crippen LogP contribution in [0.5, 0.6) is 0 Å². The molecular formula is C15H32N2O. The van der Waals surface area contributed by atoms with Gasteiger partial charge in [0.15, 0.2) is 0 Å². The van der Waals surface area contributed by atoms with Gasteiger partial charge in [0.2, 0.25) is 0 Å². The van der Waals surface area contributed by atoms with Crippen molar-refractivity contribution in [3.05, 3.63) is 0 Å². The molecule has 18 heavy (non-hydrogen) atoms. The molecule has 0 aromatic heterocycles. The van der Waals surface area contributed by atoms with Gasteiger partial charge >= 0.3 is 0 Å². The van der Waals surface area contributed by atoms with Crippen LogP contribution in [-0.4, -0.2) is 49.8 Å². The van der Waals surface area contributed by atoms with E-state index in [4.69, 9.17) is 4.74 Å². The molecule has 1 rings (SSSR count). The van der Waals surface area contributed by atoms with Crippen LogP contribution in [-0.2, 0) is 4.74 Å². The fourth-order valence-corrected chi connectivity index (χ4v) is 2.60. The molecule has 1 N–H and O–H groups in total. The Morgan fingerprint density at radius 3 is 2.78 bits per heavy atom. The Labute approximate surface area is 113 Å². The highest BCUT2D eigenvalue weighted by molar-refractivity contribution is 4.78. The van der Waals surface area contributed by atoms with Crippen LogP contribution < -0.4 is 5.32 Å². The van der Waals surface area contributed by atoms with E-state index < -0.39 is 0 Å². The summed E-state index contributed by atoms with van der Waals surface area (Å²) in [7, 11) is 0. The monoisotopic (exact) mass is 256 g/mol. The quantitative estimate of drug-likeness (QED) is 0.675. The number of ether oxygens (including phenoxy) is 1. The van der Waals surface area contributed by atoms with Crippen molar-refractivity contribution in [2.24, 2.45) is 5.92 Å². The molecule has 0 aromatic rings.